The Balaban J connectivity index is 1.83. The number of aromatic nitrogens is 2. The number of nitrogens with zero attached hydrogens (tertiary/aromatic N) is 2. The molecule has 2 aromatic rings. The van der Waals surface area contributed by atoms with E-state index < -0.39 is 17.8 Å². The number of halogens is 1. The highest BCUT2D eigenvalue weighted by atomic mass is 19.1. The first-order valence-electron chi connectivity index (χ1n) is 6.79. The molecule has 1 amide bonds. The summed E-state index contributed by atoms with van der Waals surface area (Å²) in [6, 6.07) is 8.80. The van der Waals surface area contributed by atoms with Crippen LogP contribution in [-0.2, 0) is 11.3 Å². The molecule has 1 heterocycles. The Hall–Kier alpha value is -2.70. The predicted octanol–water partition coefficient (Wildman–Crippen LogP) is 0.966. The maximum atomic E-state index is 13.4. The van der Waals surface area contributed by atoms with Crippen LogP contribution in [0.2, 0.25) is 0 Å². The summed E-state index contributed by atoms with van der Waals surface area (Å²) in [7, 11) is 0. The average Bonchev–Trinajstić information content (AvgIpc) is 2.51. The molecule has 0 aliphatic rings. The van der Waals surface area contributed by atoms with Crippen molar-refractivity contribution in [3.63, 3.8) is 0 Å². The van der Waals surface area contributed by atoms with Crippen LogP contribution >= 0.6 is 0 Å². The lowest BCUT2D eigenvalue weighted by Crippen LogP contribution is -2.39. The van der Waals surface area contributed by atoms with Crippen molar-refractivity contribution >= 4 is 5.91 Å². The second-order valence-electron chi connectivity index (χ2n) is 4.57. The molecular formula is C15H16FN3O3. The molecular weight excluding hydrogens is 289 g/mol. The fraction of sp³-hybridized carbons (Fsp3) is 0.267. The van der Waals surface area contributed by atoms with Gasteiger partial charge in [-0.1, -0.05) is 12.1 Å². The largest absolute Gasteiger partial charge is 0.478 e. The third kappa shape index (κ3) is 4.15. The van der Waals surface area contributed by atoms with Gasteiger partial charge < -0.3 is 10.1 Å². The van der Waals surface area contributed by atoms with Crippen molar-refractivity contribution in [3.8, 4) is 5.75 Å². The molecule has 0 fully saturated rings. The van der Waals surface area contributed by atoms with Crippen LogP contribution in [0.25, 0.3) is 0 Å². The van der Waals surface area contributed by atoms with Crippen LogP contribution in [0.5, 0.6) is 5.75 Å². The first kappa shape index (κ1) is 15.7. The normalized spacial score (nSPS) is 11.7. The molecule has 0 radical (unpaired) electrons. The molecule has 0 bridgehead atoms. The summed E-state index contributed by atoms with van der Waals surface area (Å²) in [5.41, 5.74) is -0.243. The molecule has 1 unspecified atom stereocenters. The number of hydrogen-bond donors (Lipinski definition) is 1. The Kier molecular flexibility index (Phi) is 5.24. The molecule has 0 aliphatic carbocycles. The molecule has 1 atom stereocenters. The van der Waals surface area contributed by atoms with Gasteiger partial charge in [-0.2, -0.15) is 5.10 Å². The second-order valence-corrected chi connectivity index (χ2v) is 4.57. The highest BCUT2D eigenvalue weighted by Crippen LogP contribution is 2.16. The van der Waals surface area contributed by atoms with E-state index in [-0.39, 0.29) is 24.4 Å². The fourth-order valence-electron chi connectivity index (χ4n) is 1.77. The van der Waals surface area contributed by atoms with E-state index in [1.165, 1.54) is 42.1 Å². The zero-order chi connectivity index (χ0) is 15.9. The Labute approximate surface area is 126 Å². The fourth-order valence-corrected chi connectivity index (χ4v) is 1.77. The van der Waals surface area contributed by atoms with E-state index in [2.05, 4.69) is 10.4 Å². The molecule has 0 aliphatic heterocycles. The van der Waals surface area contributed by atoms with E-state index in [0.29, 0.717) is 0 Å². The van der Waals surface area contributed by atoms with Crippen LogP contribution in [0.15, 0.2) is 47.4 Å². The molecule has 0 spiro atoms. The van der Waals surface area contributed by atoms with E-state index in [1.54, 1.807) is 12.1 Å². The number of carbonyl (C=O) groups is 1. The molecule has 116 valence electrons. The van der Waals surface area contributed by atoms with Crippen LogP contribution in [-0.4, -0.2) is 28.3 Å². The summed E-state index contributed by atoms with van der Waals surface area (Å²) in [4.78, 5) is 23.3. The van der Waals surface area contributed by atoms with Crippen LogP contribution < -0.4 is 15.6 Å². The third-order valence-electron chi connectivity index (χ3n) is 2.92. The zero-order valence-corrected chi connectivity index (χ0v) is 12.0. The van der Waals surface area contributed by atoms with Crippen LogP contribution in [0, 0.1) is 5.82 Å². The van der Waals surface area contributed by atoms with Gasteiger partial charge in [0.1, 0.15) is 0 Å². The van der Waals surface area contributed by atoms with Crippen molar-refractivity contribution in [2.24, 2.45) is 0 Å². The average molecular weight is 305 g/mol. The lowest BCUT2D eigenvalue weighted by Gasteiger charge is -2.15. The van der Waals surface area contributed by atoms with Gasteiger partial charge in [0.15, 0.2) is 17.7 Å². The van der Waals surface area contributed by atoms with Crippen molar-refractivity contribution in [1.29, 1.82) is 0 Å². The highest BCUT2D eigenvalue weighted by Gasteiger charge is 2.15. The summed E-state index contributed by atoms with van der Waals surface area (Å²) in [5, 5.41) is 6.48. The third-order valence-corrected chi connectivity index (χ3v) is 2.92. The van der Waals surface area contributed by atoms with Gasteiger partial charge in [-0.25, -0.2) is 9.07 Å². The minimum Gasteiger partial charge on any atom is -0.478 e. The van der Waals surface area contributed by atoms with Crippen molar-refractivity contribution < 1.29 is 13.9 Å². The molecule has 1 N–H and O–H groups in total. The molecule has 2 rings (SSSR count). The minimum absolute atomic E-state index is 0.0195. The van der Waals surface area contributed by atoms with Crippen LogP contribution in [0.4, 0.5) is 4.39 Å². The number of nitrogens with one attached hydrogen (secondary N) is 1. The summed E-state index contributed by atoms with van der Waals surface area (Å²) in [6.45, 7) is 1.99. The van der Waals surface area contributed by atoms with Gasteiger partial charge in [0.25, 0.3) is 11.5 Å². The Bertz CT molecular complexity index is 702. The summed E-state index contributed by atoms with van der Waals surface area (Å²) in [6.07, 6.45) is 0.644. The van der Waals surface area contributed by atoms with Crippen molar-refractivity contribution in [1.82, 2.24) is 15.1 Å². The van der Waals surface area contributed by atoms with Gasteiger partial charge >= 0.3 is 0 Å². The monoisotopic (exact) mass is 305 g/mol. The first-order valence-corrected chi connectivity index (χ1v) is 6.79. The Morgan fingerprint density at radius 2 is 2.14 bits per heavy atom. The van der Waals surface area contributed by atoms with E-state index >= 15 is 0 Å². The summed E-state index contributed by atoms with van der Waals surface area (Å²) in [5.74, 6) is -0.902. The maximum Gasteiger partial charge on any atom is 0.266 e. The number of amides is 1. The smallest absolute Gasteiger partial charge is 0.266 e. The topological polar surface area (TPSA) is 73.2 Å². The molecule has 0 saturated carbocycles. The molecule has 1 aromatic heterocycles. The molecule has 22 heavy (non-hydrogen) atoms. The number of hydrogen-bond acceptors (Lipinski definition) is 4. The van der Waals surface area contributed by atoms with Gasteiger partial charge in [-0.3, -0.25) is 9.59 Å². The quantitative estimate of drug-likeness (QED) is 0.863. The predicted molar refractivity (Wildman–Crippen MR) is 78.0 cm³/mol. The Morgan fingerprint density at radius 3 is 2.86 bits per heavy atom. The number of carbonyl (C=O) groups excluding carboxylic acids is 1. The van der Waals surface area contributed by atoms with E-state index in [9.17, 15) is 14.0 Å². The number of benzene rings is 1. The van der Waals surface area contributed by atoms with Gasteiger partial charge in [-0.15, -0.1) is 0 Å². The van der Waals surface area contributed by atoms with E-state index in [4.69, 9.17) is 4.74 Å². The summed E-state index contributed by atoms with van der Waals surface area (Å²) < 4.78 is 19.9. The van der Waals surface area contributed by atoms with E-state index in [0.717, 1.165) is 0 Å². The Morgan fingerprint density at radius 1 is 1.36 bits per heavy atom. The number of rotatable bonds is 6. The first-order chi connectivity index (χ1) is 10.6. The SMILES string of the molecule is CC(Oc1ccccc1F)C(=O)NCCn1ncccc1=O. The molecule has 6 nitrogen and oxygen atoms in total. The van der Waals surface area contributed by atoms with Crippen LogP contribution in [0.3, 0.4) is 0 Å². The second kappa shape index (κ2) is 7.35. The molecule has 1 aromatic carbocycles. The maximum absolute atomic E-state index is 13.4. The van der Waals surface area contributed by atoms with Crippen LogP contribution in [0.1, 0.15) is 6.92 Å². The van der Waals surface area contributed by atoms with Crippen molar-refractivity contribution in [3.05, 3.63) is 58.8 Å². The van der Waals surface area contributed by atoms with Gasteiger partial charge in [0.2, 0.25) is 0 Å². The van der Waals surface area contributed by atoms with Crippen molar-refractivity contribution in [2.45, 2.75) is 19.6 Å². The summed E-state index contributed by atoms with van der Waals surface area (Å²) >= 11 is 0. The number of ether oxygens (including phenoxy) is 1. The minimum atomic E-state index is -0.850. The number of para-hydroxylation sites is 1. The lowest BCUT2D eigenvalue weighted by atomic mass is 10.3. The highest BCUT2D eigenvalue weighted by molar-refractivity contribution is 5.80. The standard InChI is InChI=1S/C15H16FN3O3/c1-11(22-13-6-3-2-5-12(13)16)15(21)17-9-10-19-14(20)7-4-8-18-19/h2-8,11H,9-10H2,1H3,(H,17,21). The molecule has 7 heteroatoms. The lowest BCUT2D eigenvalue weighted by molar-refractivity contribution is -0.127. The van der Waals surface area contributed by atoms with E-state index in [1.807, 2.05) is 0 Å². The van der Waals surface area contributed by atoms with Gasteiger partial charge in [-0.05, 0) is 25.1 Å². The van der Waals surface area contributed by atoms with Gasteiger partial charge in [0, 0.05) is 18.8 Å². The van der Waals surface area contributed by atoms with Gasteiger partial charge in [0.05, 0.1) is 6.54 Å². The van der Waals surface area contributed by atoms with Crippen molar-refractivity contribution in [2.75, 3.05) is 6.54 Å². The molecule has 0 saturated heterocycles. The zero-order valence-electron chi connectivity index (χ0n) is 12.0.